The number of para-hydroxylation sites is 1. The molecule has 1 amide bonds. The Morgan fingerprint density at radius 3 is 2.96 bits per heavy atom. The predicted octanol–water partition coefficient (Wildman–Crippen LogP) is 1.68. The van der Waals surface area contributed by atoms with Crippen LogP contribution in [0.4, 0.5) is 5.69 Å². The van der Waals surface area contributed by atoms with Crippen LogP contribution >= 0.6 is 11.3 Å². The van der Waals surface area contributed by atoms with Crippen LogP contribution in [-0.2, 0) is 11.3 Å². The van der Waals surface area contributed by atoms with E-state index < -0.39 is 0 Å². The molecule has 2 N–H and O–H groups in total. The van der Waals surface area contributed by atoms with E-state index in [4.69, 9.17) is 9.47 Å². The Morgan fingerprint density at radius 2 is 2.08 bits per heavy atom. The first-order chi connectivity index (χ1) is 12.2. The standard InChI is InChI=1S/C18H17N3O3S/c1-21(10-18-20-13-4-2-3-5-16(13)25-18)9-17(22)19-12-6-7-14-15(8-12)24-11-23-14/h2-8H,9-11H2,1H3,(H,19,22)/p+1. The maximum absolute atomic E-state index is 12.3. The van der Waals surface area contributed by atoms with E-state index in [9.17, 15) is 4.79 Å². The van der Waals surface area contributed by atoms with Crippen molar-refractivity contribution in [2.45, 2.75) is 6.54 Å². The van der Waals surface area contributed by atoms with Crippen molar-refractivity contribution in [1.82, 2.24) is 4.98 Å². The highest BCUT2D eigenvalue weighted by atomic mass is 32.1. The number of rotatable bonds is 5. The van der Waals surface area contributed by atoms with Crippen molar-refractivity contribution in [1.29, 1.82) is 0 Å². The monoisotopic (exact) mass is 356 g/mol. The fraction of sp³-hybridized carbons (Fsp3) is 0.222. The van der Waals surface area contributed by atoms with Crippen LogP contribution in [0.1, 0.15) is 5.01 Å². The Bertz CT molecular complexity index is 892. The average molecular weight is 356 g/mol. The van der Waals surface area contributed by atoms with E-state index in [0.717, 1.165) is 15.4 Å². The molecule has 0 fully saturated rings. The van der Waals surface area contributed by atoms with E-state index in [1.807, 2.05) is 31.3 Å². The van der Waals surface area contributed by atoms with Gasteiger partial charge in [0.15, 0.2) is 18.0 Å². The number of nitrogens with zero attached hydrogens (tertiary/aromatic N) is 1. The number of carbonyl (C=O) groups excluding carboxylic acids is 1. The number of nitrogens with one attached hydrogen (secondary N) is 2. The summed E-state index contributed by atoms with van der Waals surface area (Å²) in [5, 5.41) is 3.94. The molecule has 4 rings (SSSR count). The molecule has 0 bridgehead atoms. The minimum atomic E-state index is -0.0440. The fourth-order valence-corrected chi connectivity index (χ4v) is 3.85. The van der Waals surface area contributed by atoms with Crippen molar-refractivity contribution < 1.29 is 19.2 Å². The van der Waals surface area contributed by atoms with Gasteiger partial charge in [0.1, 0.15) is 11.6 Å². The summed E-state index contributed by atoms with van der Waals surface area (Å²) in [6, 6.07) is 13.5. The number of carbonyl (C=O) groups is 1. The minimum absolute atomic E-state index is 0.0440. The SMILES string of the molecule is C[NH+](CC(=O)Nc1ccc2c(c1)OCO2)Cc1nc2ccccc2s1. The highest BCUT2D eigenvalue weighted by Crippen LogP contribution is 2.34. The lowest BCUT2D eigenvalue weighted by atomic mass is 10.2. The first kappa shape index (κ1) is 15.9. The summed E-state index contributed by atoms with van der Waals surface area (Å²) in [6.07, 6.45) is 0. The highest BCUT2D eigenvalue weighted by Gasteiger charge is 2.16. The van der Waals surface area contributed by atoms with Gasteiger partial charge < -0.3 is 19.7 Å². The lowest BCUT2D eigenvalue weighted by Crippen LogP contribution is -3.08. The van der Waals surface area contributed by atoms with Gasteiger partial charge in [-0.05, 0) is 24.3 Å². The van der Waals surface area contributed by atoms with Crippen molar-refractivity contribution >= 4 is 33.1 Å². The van der Waals surface area contributed by atoms with Gasteiger partial charge >= 0.3 is 0 Å². The topological polar surface area (TPSA) is 64.9 Å². The normalized spacial score (nSPS) is 13.8. The Hall–Kier alpha value is -2.64. The first-order valence-electron chi connectivity index (χ1n) is 8.02. The Labute approximate surface area is 149 Å². The Balaban J connectivity index is 1.35. The lowest BCUT2D eigenvalue weighted by Gasteiger charge is -2.12. The maximum Gasteiger partial charge on any atom is 0.279 e. The summed E-state index contributed by atoms with van der Waals surface area (Å²) >= 11 is 1.68. The summed E-state index contributed by atoms with van der Waals surface area (Å²) in [4.78, 5) is 18.0. The van der Waals surface area contributed by atoms with Crippen molar-refractivity contribution in [3.05, 3.63) is 47.5 Å². The Morgan fingerprint density at radius 1 is 1.24 bits per heavy atom. The molecule has 0 spiro atoms. The molecule has 0 saturated carbocycles. The summed E-state index contributed by atoms with van der Waals surface area (Å²) < 4.78 is 11.8. The number of aromatic nitrogens is 1. The molecule has 2 heterocycles. The van der Waals surface area contributed by atoms with E-state index in [2.05, 4.69) is 16.4 Å². The molecule has 7 heteroatoms. The van der Waals surface area contributed by atoms with Crippen LogP contribution in [0.2, 0.25) is 0 Å². The van der Waals surface area contributed by atoms with Crippen molar-refractivity contribution in [2.75, 3.05) is 25.7 Å². The number of hydrogen-bond acceptors (Lipinski definition) is 5. The molecule has 25 heavy (non-hydrogen) atoms. The van der Waals surface area contributed by atoms with Gasteiger partial charge in [-0.3, -0.25) is 4.79 Å². The number of quaternary nitrogens is 1. The second kappa shape index (κ2) is 6.70. The van der Waals surface area contributed by atoms with Crippen LogP contribution < -0.4 is 19.7 Å². The number of thiazole rings is 1. The molecule has 1 aliphatic rings. The summed E-state index contributed by atoms with van der Waals surface area (Å²) in [6.45, 7) is 1.31. The van der Waals surface area contributed by atoms with E-state index in [1.165, 1.54) is 4.70 Å². The number of hydrogen-bond donors (Lipinski definition) is 2. The third kappa shape index (κ3) is 3.57. The van der Waals surface area contributed by atoms with Gasteiger partial charge in [-0.15, -0.1) is 11.3 Å². The van der Waals surface area contributed by atoms with Crippen LogP contribution in [0, 0.1) is 0 Å². The zero-order chi connectivity index (χ0) is 17.2. The van der Waals surface area contributed by atoms with Gasteiger partial charge in [-0.25, -0.2) is 4.98 Å². The number of anilines is 1. The molecule has 6 nitrogen and oxygen atoms in total. The number of ether oxygens (including phenoxy) is 2. The second-order valence-corrected chi connectivity index (χ2v) is 7.12. The van der Waals surface area contributed by atoms with E-state index in [-0.39, 0.29) is 12.7 Å². The van der Waals surface area contributed by atoms with E-state index >= 15 is 0 Å². The van der Waals surface area contributed by atoms with Crippen molar-refractivity contribution in [3.63, 3.8) is 0 Å². The Kier molecular flexibility index (Phi) is 4.25. The zero-order valence-corrected chi connectivity index (χ0v) is 14.6. The number of benzene rings is 2. The van der Waals surface area contributed by atoms with Gasteiger partial charge in [0.25, 0.3) is 5.91 Å². The molecule has 2 aromatic carbocycles. The zero-order valence-electron chi connectivity index (χ0n) is 13.7. The number of likely N-dealkylation sites (N-methyl/N-ethyl adjacent to an activating group) is 1. The van der Waals surface area contributed by atoms with E-state index in [1.54, 1.807) is 23.5 Å². The summed E-state index contributed by atoms with van der Waals surface area (Å²) in [5.74, 6) is 1.32. The van der Waals surface area contributed by atoms with Gasteiger partial charge in [0.05, 0.1) is 17.3 Å². The van der Waals surface area contributed by atoms with Crippen molar-refractivity contribution in [2.24, 2.45) is 0 Å². The fourth-order valence-electron chi connectivity index (χ4n) is 2.77. The largest absolute Gasteiger partial charge is 0.454 e. The molecule has 1 aliphatic heterocycles. The molecule has 1 aromatic heterocycles. The number of fused-ring (bicyclic) bond motifs is 2. The first-order valence-corrected chi connectivity index (χ1v) is 8.84. The van der Waals surface area contributed by atoms with Gasteiger partial charge in [0.2, 0.25) is 6.79 Å². The van der Waals surface area contributed by atoms with Gasteiger partial charge in [0, 0.05) is 11.8 Å². The average Bonchev–Trinajstić information content (AvgIpc) is 3.19. The molecule has 0 aliphatic carbocycles. The third-order valence-corrected chi connectivity index (χ3v) is 4.95. The molecular weight excluding hydrogens is 338 g/mol. The minimum Gasteiger partial charge on any atom is -0.454 e. The molecule has 3 aromatic rings. The highest BCUT2D eigenvalue weighted by molar-refractivity contribution is 7.18. The molecule has 0 radical (unpaired) electrons. The van der Waals surface area contributed by atoms with Gasteiger partial charge in [-0.1, -0.05) is 12.1 Å². The van der Waals surface area contributed by atoms with Crippen LogP contribution in [-0.4, -0.2) is 31.3 Å². The molecular formula is C18H18N3O3S+. The van der Waals surface area contributed by atoms with Crippen LogP contribution in [0.3, 0.4) is 0 Å². The predicted molar refractivity (Wildman–Crippen MR) is 96.3 cm³/mol. The molecule has 128 valence electrons. The maximum atomic E-state index is 12.3. The molecule has 1 atom stereocenters. The van der Waals surface area contributed by atoms with Crippen LogP contribution in [0.15, 0.2) is 42.5 Å². The molecule has 0 saturated heterocycles. The molecule has 1 unspecified atom stereocenters. The quantitative estimate of drug-likeness (QED) is 0.730. The van der Waals surface area contributed by atoms with Crippen LogP contribution in [0.25, 0.3) is 10.2 Å². The van der Waals surface area contributed by atoms with Crippen molar-refractivity contribution in [3.8, 4) is 11.5 Å². The summed E-state index contributed by atoms with van der Waals surface area (Å²) in [7, 11) is 1.99. The lowest BCUT2D eigenvalue weighted by molar-refractivity contribution is -0.885. The second-order valence-electron chi connectivity index (χ2n) is 6.00. The van der Waals surface area contributed by atoms with E-state index in [0.29, 0.717) is 30.3 Å². The van der Waals surface area contributed by atoms with Crippen LogP contribution in [0.5, 0.6) is 11.5 Å². The number of amides is 1. The summed E-state index contributed by atoms with van der Waals surface area (Å²) in [5.41, 5.74) is 1.72. The third-order valence-electron chi connectivity index (χ3n) is 3.91. The van der Waals surface area contributed by atoms with Gasteiger partial charge in [-0.2, -0.15) is 0 Å². The smallest absolute Gasteiger partial charge is 0.279 e.